The second-order valence-electron chi connectivity index (χ2n) is 3.40. The minimum absolute atomic E-state index is 0.167. The van der Waals surface area contributed by atoms with Crippen LogP contribution in [0.4, 0.5) is 0 Å². The van der Waals surface area contributed by atoms with E-state index in [4.69, 9.17) is 5.11 Å². The summed E-state index contributed by atoms with van der Waals surface area (Å²) in [7, 11) is -2.42. The van der Waals surface area contributed by atoms with Gasteiger partial charge in [-0.25, -0.2) is 8.42 Å². The Kier molecular flexibility index (Phi) is 3.72. The zero-order valence-electron chi connectivity index (χ0n) is 9.17. The normalized spacial score (nSPS) is 14.0. The van der Waals surface area contributed by atoms with Crippen LogP contribution < -0.4 is 0 Å². The second-order valence-corrected chi connectivity index (χ2v) is 6.91. The van der Waals surface area contributed by atoms with E-state index in [-0.39, 0.29) is 4.21 Å². The molecule has 0 aliphatic carbocycles. The Morgan fingerprint density at radius 3 is 2.44 bits per heavy atom. The van der Waals surface area contributed by atoms with Crippen LogP contribution in [0.3, 0.4) is 0 Å². The quantitative estimate of drug-likeness (QED) is 0.884. The van der Waals surface area contributed by atoms with E-state index < -0.39 is 22.0 Å². The van der Waals surface area contributed by atoms with Crippen molar-refractivity contribution >= 4 is 27.3 Å². The van der Waals surface area contributed by atoms with Crippen molar-refractivity contribution < 1.29 is 18.3 Å². The van der Waals surface area contributed by atoms with Gasteiger partial charge in [-0.2, -0.15) is 4.31 Å². The molecule has 0 saturated heterocycles. The van der Waals surface area contributed by atoms with E-state index in [0.29, 0.717) is 0 Å². The first kappa shape index (κ1) is 13.1. The monoisotopic (exact) mass is 263 g/mol. The summed E-state index contributed by atoms with van der Waals surface area (Å²) in [5.41, 5.74) is 0. The largest absolute Gasteiger partial charge is 0.480 e. The molecular formula is C9H13NO4S2. The molecule has 1 rings (SSSR count). The maximum absolute atomic E-state index is 12.0. The predicted molar refractivity (Wildman–Crippen MR) is 61.1 cm³/mol. The van der Waals surface area contributed by atoms with Gasteiger partial charge in [-0.3, -0.25) is 4.79 Å². The van der Waals surface area contributed by atoms with Crippen molar-refractivity contribution in [3.05, 3.63) is 17.0 Å². The third-order valence-electron chi connectivity index (χ3n) is 2.25. The highest BCUT2D eigenvalue weighted by molar-refractivity contribution is 7.91. The summed E-state index contributed by atoms with van der Waals surface area (Å²) in [5, 5.41) is 8.77. The number of aliphatic carboxylic acids is 1. The summed E-state index contributed by atoms with van der Waals surface area (Å²) < 4.78 is 25.0. The number of carboxylic acids is 1. The molecule has 1 atom stereocenters. The van der Waals surface area contributed by atoms with E-state index in [1.54, 1.807) is 13.0 Å². The Morgan fingerprint density at radius 2 is 2.06 bits per heavy atom. The van der Waals surface area contributed by atoms with Crippen LogP contribution >= 0.6 is 11.3 Å². The van der Waals surface area contributed by atoms with Gasteiger partial charge in [0, 0.05) is 11.9 Å². The summed E-state index contributed by atoms with van der Waals surface area (Å²) in [4.78, 5) is 11.6. The minimum atomic E-state index is -3.69. The lowest BCUT2D eigenvalue weighted by atomic mass is 10.4. The Labute approximate surface area is 98.4 Å². The third kappa shape index (κ3) is 2.42. The van der Waals surface area contributed by atoms with Gasteiger partial charge in [0.25, 0.3) is 10.0 Å². The van der Waals surface area contributed by atoms with E-state index in [9.17, 15) is 13.2 Å². The molecule has 0 spiro atoms. The number of thiophene rings is 1. The topological polar surface area (TPSA) is 74.7 Å². The van der Waals surface area contributed by atoms with Crippen LogP contribution in [0.5, 0.6) is 0 Å². The highest BCUT2D eigenvalue weighted by atomic mass is 32.2. The van der Waals surface area contributed by atoms with Crippen molar-refractivity contribution in [1.29, 1.82) is 0 Å². The first-order valence-electron chi connectivity index (χ1n) is 4.54. The zero-order valence-corrected chi connectivity index (χ0v) is 10.8. The van der Waals surface area contributed by atoms with Crippen molar-refractivity contribution in [3.63, 3.8) is 0 Å². The molecule has 7 heteroatoms. The van der Waals surface area contributed by atoms with Crippen LogP contribution in [0.2, 0.25) is 0 Å². The summed E-state index contributed by atoms with van der Waals surface area (Å²) in [6.45, 7) is 3.13. The van der Waals surface area contributed by atoms with Crippen LogP contribution in [-0.2, 0) is 14.8 Å². The van der Waals surface area contributed by atoms with Crippen LogP contribution in [0.1, 0.15) is 11.8 Å². The number of sulfonamides is 1. The Balaban J connectivity index is 3.08. The Bertz CT molecular complexity index is 491. The maximum atomic E-state index is 12.0. The molecule has 1 heterocycles. The van der Waals surface area contributed by atoms with Gasteiger partial charge in [0.1, 0.15) is 10.3 Å². The molecule has 1 N–H and O–H groups in total. The predicted octanol–water partition coefficient (Wildman–Crippen LogP) is 1.15. The fourth-order valence-corrected chi connectivity index (χ4v) is 3.84. The van der Waals surface area contributed by atoms with Crippen molar-refractivity contribution in [2.45, 2.75) is 24.1 Å². The van der Waals surface area contributed by atoms with Crippen molar-refractivity contribution in [3.8, 4) is 0 Å². The van der Waals surface area contributed by atoms with Gasteiger partial charge >= 0.3 is 5.97 Å². The highest BCUT2D eigenvalue weighted by Gasteiger charge is 2.30. The summed E-state index contributed by atoms with van der Waals surface area (Å²) >= 11 is 1.13. The number of likely N-dealkylation sites (N-methyl/N-ethyl adjacent to an activating group) is 1. The second kappa shape index (κ2) is 4.52. The fourth-order valence-electron chi connectivity index (χ4n) is 1.06. The van der Waals surface area contributed by atoms with Crippen LogP contribution in [-0.4, -0.2) is 36.9 Å². The molecule has 90 valence electrons. The number of rotatable bonds is 4. The average Bonchev–Trinajstić information content (AvgIpc) is 2.62. The van der Waals surface area contributed by atoms with E-state index in [1.165, 1.54) is 20.0 Å². The van der Waals surface area contributed by atoms with E-state index in [2.05, 4.69) is 0 Å². The number of hydrogen-bond acceptors (Lipinski definition) is 4. The fraction of sp³-hybridized carbons (Fsp3) is 0.444. The van der Waals surface area contributed by atoms with Gasteiger partial charge in [-0.05, 0) is 26.0 Å². The molecular weight excluding hydrogens is 250 g/mol. The molecule has 0 aliphatic heterocycles. The van der Waals surface area contributed by atoms with Crippen molar-refractivity contribution in [2.75, 3.05) is 7.05 Å². The Morgan fingerprint density at radius 1 is 1.50 bits per heavy atom. The van der Waals surface area contributed by atoms with E-state index in [1.807, 2.05) is 0 Å². The summed E-state index contributed by atoms with van der Waals surface area (Å²) in [5.74, 6) is -1.17. The first-order chi connectivity index (χ1) is 7.26. The smallest absolute Gasteiger partial charge is 0.321 e. The lowest BCUT2D eigenvalue weighted by Gasteiger charge is -2.19. The molecule has 0 radical (unpaired) electrons. The molecule has 16 heavy (non-hydrogen) atoms. The van der Waals surface area contributed by atoms with Gasteiger partial charge in [0.2, 0.25) is 0 Å². The van der Waals surface area contributed by atoms with Crippen LogP contribution in [0, 0.1) is 6.92 Å². The van der Waals surface area contributed by atoms with Crippen molar-refractivity contribution in [1.82, 2.24) is 4.31 Å². The highest BCUT2D eigenvalue weighted by Crippen LogP contribution is 2.24. The molecule has 0 aromatic carbocycles. The van der Waals surface area contributed by atoms with Gasteiger partial charge in [-0.1, -0.05) is 0 Å². The molecule has 1 aromatic heterocycles. The van der Waals surface area contributed by atoms with Crippen LogP contribution in [0.25, 0.3) is 0 Å². The third-order valence-corrected chi connectivity index (χ3v) is 5.65. The molecule has 0 amide bonds. The van der Waals surface area contributed by atoms with Crippen molar-refractivity contribution in [2.24, 2.45) is 0 Å². The minimum Gasteiger partial charge on any atom is -0.480 e. The van der Waals surface area contributed by atoms with Crippen LogP contribution in [0.15, 0.2) is 16.3 Å². The van der Waals surface area contributed by atoms with E-state index in [0.717, 1.165) is 20.5 Å². The van der Waals surface area contributed by atoms with Gasteiger partial charge in [-0.15, -0.1) is 11.3 Å². The number of carbonyl (C=O) groups is 1. The number of nitrogens with zero attached hydrogens (tertiary/aromatic N) is 1. The summed E-state index contributed by atoms with van der Waals surface area (Å²) in [6, 6.07) is 2.10. The lowest BCUT2D eigenvalue weighted by Crippen LogP contribution is -2.39. The number of aryl methyl sites for hydroxylation is 1. The molecule has 0 bridgehead atoms. The standard InChI is InChI=1S/C9H13NO4S2/c1-6-4-5-8(15-6)16(13,14)10(3)7(2)9(11)12/h4-5,7H,1-3H3,(H,11,12). The molecule has 1 unspecified atom stereocenters. The molecule has 5 nitrogen and oxygen atoms in total. The molecule has 0 saturated carbocycles. The lowest BCUT2D eigenvalue weighted by molar-refractivity contribution is -0.140. The van der Waals surface area contributed by atoms with Gasteiger partial charge in [0.05, 0.1) is 0 Å². The van der Waals surface area contributed by atoms with E-state index >= 15 is 0 Å². The summed E-state index contributed by atoms with van der Waals surface area (Å²) in [6.07, 6.45) is 0. The first-order valence-corrected chi connectivity index (χ1v) is 6.79. The molecule has 0 fully saturated rings. The molecule has 0 aliphatic rings. The number of carboxylic acid groups (broad SMARTS) is 1. The van der Waals surface area contributed by atoms with Gasteiger partial charge < -0.3 is 5.11 Å². The maximum Gasteiger partial charge on any atom is 0.321 e. The van der Waals surface area contributed by atoms with Gasteiger partial charge in [0.15, 0.2) is 0 Å². The number of hydrogen-bond donors (Lipinski definition) is 1. The Hall–Kier alpha value is -0.920. The zero-order chi connectivity index (χ0) is 12.5. The molecule has 1 aromatic rings. The SMILES string of the molecule is Cc1ccc(S(=O)(=O)N(C)C(C)C(=O)O)s1. The average molecular weight is 263 g/mol.